The molecule has 0 saturated carbocycles. The molecule has 0 heterocycles. The van der Waals surface area contributed by atoms with Gasteiger partial charge in [-0.15, -0.1) is 0 Å². The van der Waals surface area contributed by atoms with Gasteiger partial charge in [0.2, 0.25) is 0 Å². The van der Waals surface area contributed by atoms with Gasteiger partial charge < -0.3 is 9.74 Å². The number of hydrogen-bond acceptors (Lipinski definition) is 3. The number of oxime groups is 1. The van der Waals surface area contributed by atoms with Crippen LogP contribution in [0.5, 0.6) is 0 Å². The van der Waals surface area contributed by atoms with E-state index in [0.717, 1.165) is 17.7 Å². The Bertz CT molecular complexity index is 657. The summed E-state index contributed by atoms with van der Waals surface area (Å²) in [5.41, 5.74) is 2.36. The van der Waals surface area contributed by atoms with Gasteiger partial charge in [-0.1, -0.05) is 58.7 Å². The van der Waals surface area contributed by atoms with E-state index in [1.54, 1.807) is 0 Å². The Balaban J connectivity index is 2.33. The summed E-state index contributed by atoms with van der Waals surface area (Å²) in [5.74, 6) is 0. The molecule has 0 unspecified atom stereocenters. The van der Waals surface area contributed by atoms with Crippen LogP contribution >= 0.6 is 23.2 Å². The molecule has 0 bridgehead atoms. The van der Waals surface area contributed by atoms with Crippen molar-refractivity contribution in [1.29, 1.82) is 0 Å². The van der Waals surface area contributed by atoms with Crippen LogP contribution in [-0.2, 0) is 4.84 Å². The summed E-state index contributed by atoms with van der Waals surface area (Å²) < 4.78 is 0. The van der Waals surface area contributed by atoms with Crippen LogP contribution in [0.1, 0.15) is 11.1 Å². The second-order valence-electron chi connectivity index (χ2n) is 5.07. The van der Waals surface area contributed by atoms with Crippen LogP contribution in [0.2, 0.25) is 10.0 Å². The highest BCUT2D eigenvalue weighted by Crippen LogP contribution is 2.22. The molecular weight excluding hydrogens is 319 g/mol. The normalized spacial score (nSPS) is 11.8. The molecule has 0 amide bonds. The van der Waals surface area contributed by atoms with Gasteiger partial charge in [0, 0.05) is 22.7 Å². The third-order valence-corrected chi connectivity index (χ3v) is 3.58. The van der Waals surface area contributed by atoms with Crippen molar-refractivity contribution in [3.05, 3.63) is 69.7 Å². The second kappa shape index (κ2) is 8.18. The zero-order chi connectivity index (χ0) is 15.9. The molecule has 0 N–H and O–H groups in total. The Morgan fingerprint density at radius 1 is 1.09 bits per heavy atom. The SMILES string of the molecule is CN(C)CCO/N=C(\c1cccc(Cl)c1)c1ccccc1Cl. The fourth-order valence-corrected chi connectivity index (χ4v) is 2.30. The number of nitrogens with zero attached hydrogens (tertiary/aromatic N) is 2. The lowest BCUT2D eigenvalue weighted by atomic mass is 10.0. The Kier molecular flexibility index (Phi) is 6.25. The average molecular weight is 337 g/mol. The van der Waals surface area contributed by atoms with Gasteiger partial charge in [0.1, 0.15) is 12.3 Å². The van der Waals surface area contributed by atoms with Gasteiger partial charge in [-0.3, -0.25) is 0 Å². The predicted octanol–water partition coefficient (Wildman–Crippen LogP) is 4.32. The Morgan fingerprint density at radius 3 is 2.55 bits per heavy atom. The third kappa shape index (κ3) is 4.73. The van der Waals surface area contributed by atoms with E-state index in [2.05, 4.69) is 5.16 Å². The van der Waals surface area contributed by atoms with Crippen LogP contribution in [0.25, 0.3) is 0 Å². The van der Waals surface area contributed by atoms with E-state index < -0.39 is 0 Å². The highest BCUT2D eigenvalue weighted by molar-refractivity contribution is 6.36. The molecule has 0 aromatic heterocycles. The lowest BCUT2D eigenvalue weighted by Crippen LogP contribution is -2.17. The van der Waals surface area contributed by atoms with Crippen molar-refractivity contribution in [2.45, 2.75) is 0 Å². The lowest BCUT2D eigenvalue weighted by Gasteiger charge is -2.11. The highest BCUT2D eigenvalue weighted by Gasteiger charge is 2.12. The first kappa shape index (κ1) is 16.8. The van der Waals surface area contributed by atoms with E-state index in [9.17, 15) is 0 Å². The smallest absolute Gasteiger partial charge is 0.129 e. The molecule has 2 aromatic carbocycles. The maximum atomic E-state index is 6.29. The minimum absolute atomic E-state index is 0.502. The lowest BCUT2D eigenvalue weighted by molar-refractivity contribution is 0.126. The van der Waals surface area contributed by atoms with Gasteiger partial charge >= 0.3 is 0 Å². The Hall–Kier alpha value is -1.55. The van der Waals surface area contributed by atoms with Crippen molar-refractivity contribution in [1.82, 2.24) is 4.90 Å². The molecule has 0 atom stereocenters. The standard InChI is InChI=1S/C17H18Cl2N2O/c1-21(2)10-11-22-20-17(13-6-5-7-14(18)12-13)15-8-3-4-9-16(15)19/h3-9,12H,10-11H2,1-2H3/b20-17+. The highest BCUT2D eigenvalue weighted by atomic mass is 35.5. The molecule has 0 saturated heterocycles. The van der Waals surface area contributed by atoms with Gasteiger partial charge in [0.25, 0.3) is 0 Å². The Labute approximate surface area is 141 Å². The summed E-state index contributed by atoms with van der Waals surface area (Å²) in [6.07, 6.45) is 0. The zero-order valence-electron chi connectivity index (χ0n) is 12.6. The maximum Gasteiger partial charge on any atom is 0.129 e. The molecule has 3 nitrogen and oxygen atoms in total. The maximum absolute atomic E-state index is 6.29. The van der Waals surface area contributed by atoms with Crippen molar-refractivity contribution in [2.75, 3.05) is 27.2 Å². The molecule has 0 fully saturated rings. The molecule has 0 aliphatic heterocycles. The van der Waals surface area contributed by atoms with E-state index in [4.69, 9.17) is 28.0 Å². The topological polar surface area (TPSA) is 24.8 Å². The molecule has 0 radical (unpaired) electrons. The van der Waals surface area contributed by atoms with Gasteiger partial charge in [-0.25, -0.2) is 0 Å². The van der Waals surface area contributed by atoms with Gasteiger partial charge in [0.05, 0.1) is 5.02 Å². The first-order valence-corrected chi connectivity index (χ1v) is 7.69. The average Bonchev–Trinajstić information content (AvgIpc) is 2.48. The van der Waals surface area contributed by atoms with Crippen LogP contribution in [0.15, 0.2) is 53.7 Å². The van der Waals surface area contributed by atoms with Gasteiger partial charge in [-0.2, -0.15) is 0 Å². The van der Waals surface area contributed by atoms with Crippen molar-refractivity contribution < 1.29 is 4.84 Å². The molecule has 116 valence electrons. The van der Waals surface area contributed by atoms with E-state index in [1.165, 1.54) is 0 Å². The van der Waals surface area contributed by atoms with Crippen LogP contribution in [0, 0.1) is 0 Å². The van der Waals surface area contributed by atoms with Crippen LogP contribution in [0.3, 0.4) is 0 Å². The first-order chi connectivity index (χ1) is 10.6. The third-order valence-electron chi connectivity index (χ3n) is 3.01. The number of likely N-dealkylation sites (N-methyl/N-ethyl adjacent to an activating group) is 1. The second-order valence-corrected chi connectivity index (χ2v) is 5.91. The summed E-state index contributed by atoms with van der Waals surface area (Å²) in [5, 5.41) is 5.55. The van der Waals surface area contributed by atoms with Gasteiger partial charge in [-0.05, 0) is 32.3 Å². The van der Waals surface area contributed by atoms with E-state index in [-0.39, 0.29) is 0 Å². The first-order valence-electron chi connectivity index (χ1n) is 6.93. The van der Waals surface area contributed by atoms with Crippen molar-refractivity contribution in [2.24, 2.45) is 5.16 Å². The molecule has 5 heteroatoms. The zero-order valence-corrected chi connectivity index (χ0v) is 14.1. The van der Waals surface area contributed by atoms with Gasteiger partial charge in [0.15, 0.2) is 0 Å². The van der Waals surface area contributed by atoms with Crippen molar-refractivity contribution in [3.63, 3.8) is 0 Å². The van der Waals surface area contributed by atoms with Crippen LogP contribution in [-0.4, -0.2) is 37.9 Å². The van der Waals surface area contributed by atoms with E-state index in [1.807, 2.05) is 67.5 Å². The minimum atomic E-state index is 0.502. The van der Waals surface area contributed by atoms with Crippen molar-refractivity contribution in [3.8, 4) is 0 Å². The quantitative estimate of drug-likeness (QED) is 0.445. The summed E-state index contributed by atoms with van der Waals surface area (Å²) in [4.78, 5) is 7.49. The number of benzene rings is 2. The Morgan fingerprint density at radius 2 is 1.86 bits per heavy atom. The molecule has 2 aromatic rings. The van der Waals surface area contributed by atoms with Crippen LogP contribution in [0.4, 0.5) is 0 Å². The largest absolute Gasteiger partial charge is 0.394 e. The van der Waals surface area contributed by atoms with E-state index in [0.29, 0.717) is 22.4 Å². The van der Waals surface area contributed by atoms with Crippen molar-refractivity contribution >= 4 is 28.9 Å². The summed E-state index contributed by atoms with van der Waals surface area (Å²) in [6, 6.07) is 15.0. The van der Waals surface area contributed by atoms with E-state index >= 15 is 0 Å². The molecule has 0 spiro atoms. The summed E-state index contributed by atoms with van der Waals surface area (Å²) >= 11 is 12.4. The predicted molar refractivity (Wildman–Crippen MR) is 93.0 cm³/mol. The minimum Gasteiger partial charge on any atom is -0.394 e. The molecule has 0 aliphatic carbocycles. The molecule has 0 aliphatic rings. The summed E-state index contributed by atoms with van der Waals surface area (Å²) in [7, 11) is 3.97. The fourth-order valence-electron chi connectivity index (χ4n) is 1.88. The molecule has 2 rings (SSSR count). The fraction of sp³-hybridized carbons (Fsp3) is 0.235. The van der Waals surface area contributed by atoms with Crippen LogP contribution < -0.4 is 0 Å². The molecule has 22 heavy (non-hydrogen) atoms. The number of rotatable bonds is 6. The number of halogens is 2. The molecular formula is C17H18Cl2N2O. The number of hydrogen-bond donors (Lipinski definition) is 0. The monoisotopic (exact) mass is 336 g/mol. The summed E-state index contributed by atoms with van der Waals surface area (Å²) in [6.45, 7) is 1.29.